The van der Waals surface area contributed by atoms with Crippen LogP contribution in [0.2, 0.25) is 0 Å². The van der Waals surface area contributed by atoms with Crippen LogP contribution in [-0.2, 0) is 0 Å². The van der Waals surface area contributed by atoms with Gasteiger partial charge >= 0.3 is 0 Å². The van der Waals surface area contributed by atoms with Crippen molar-refractivity contribution in [3.05, 3.63) is 461 Å². The molecule has 0 amide bonds. The lowest BCUT2D eigenvalue weighted by Crippen LogP contribution is -2.10. The number of para-hydroxylation sites is 5. The minimum absolute atomic E-state index is 0.904. The van der Waals surface area contributed by atoms with Crippen molar-refractivity contribution in [3.8, 4) is 55.9 Å². The van der Waals surface area contributed by atoms with Crippen molar-refractivity contribution >= 4 is 196 Å². The zero-order valence-electron chi connectivity index (χ0n) is 68.5. The molecule has 0 saturated heterocycles. The molecule has 126 heavy (non-hydrogen) atoms. The molecule has 588 valence electrons. The molecule has 0 unspecified atom stereocenters. The van der Waals surface area contributed by atoms with E-state index in [0.29, 0.717) is 0 Å². The minimum atomic E-state index is 0.904. The van der Waals surface area contributed by atoms with Crippen molar-refractivity contribution in [1.29, 1.82) is 0 Å². The number of benzene rings is 22. The molecule has 22 aromatic carbocycles. The molecule has 26 aromatic rings. The van der Waals surface area contributed by atoms with Gasteiger partial charge in [-0.25, -0.2) is 0 Å². The summed E-state index contributed by atoms with van der Waals surface area (Å²) in [5.41, 5.74) is 25.0. The molecule has 26 rings (SSSR count). The molecule has 0 aliphatic carbocycles. The number of rotatable bonds is 12. The number of furan rings is 1. The minimum Gasteiger partial charge on any atom is -0.456 e. The highest BCUT2D eigenvalue weighted by molar-refractivity contribution is 7.25. The van der Waals surface area contributed by atoms with Crippen LogP contribution in [-0.4, -0.2) is 9.13 Å². The molecule has 4 aromatic heterocycles. The Kier molecular flexibility index (Phi) is 17.1. The Morgan fingerprint density at radius 3 is 0.865 bits per heavy atom. The molecule has 0 bridgehead atoms. The second-order valence-electron chi connectivity index (χ2n) is 33.0. The van der Waals surface area contributed by atoms with Gasteiger partial charge in [-0.05, 0) is 273 Å². The van der Waals surface area contributed by atoms with Crippen LogP contribution in [0.15, 0.2) is 465 Å². The van der Waals surface area contributed by atoms with E-state index in [1.54, 1.807) is 0 Å². The Balaban J connectivity index is 0.000000137. The third-order valence-electron chi connectivity index (χ3n) is 25.9. The lowest BCUT2D eigenvalue weighted by atomic mass is 9.94. The van der Waals surface area contributed by atoms with Gasteiger partial charge in [-0.15, -0.1) is 11.3 Å². The average molecular weight is 1620 g/mol. The summed E-state index contributed by atoms with van der Waals surface area (Å²) in [6.45, 7) is 0. The van der Waals surface area contributed by atoms with Gasteiger partial charge in [0.25, 0.3) is 0 Å². The van der Waals surface area contributed by atoms with E-state index >= 15 is 0 Å². The van der Waals surface area contributed by atoms with Crippen LogP contribution in [0.1, 0.15) is 0 Å². The highest BCUT2D eigenvalue weighted by Gasteiger charge is 2.23. The summed E-state index contributed by atoms with van der Waals surface area (Å²) in [7, 11) is 0. The monoisotopic (exact) mass is 1620 g/mol. The van der Waals surface area contributed by atoms with Crippen molar-refractivity contribution < 1.29 is 4.42 Å². The summed E-state index contributed by atoms with van der Waals surface area (Å²) < 4.78 is 13.5. The summed E-state index contributed by atoms with van der Waals surface area (Å²) in [6.07, 6.45) is 0. The number of fused-ring (bicyclic) bond motifs is 24. The molecule has 0 atom stereocenters. The number of hydrogen-bond donors (Lipinski definition) is 0. The van der Waals surface area contributed by atoms with Gasteiger partial charge in [0, 0.05) is 98.0 Å². The average Bonchev–Trinajstić information content (AvgIpc) is 1.22. The quantitative estimate of drug-likeness (QED) is 0.114. The van der Waals surface area contributed by atoms with E-state index in [0.717, 1.165) is 72.9 Å². The van der Waals surface area contributed by atoms with E-state index in [9.17, 15) is 0 Å². The molecule has 5 nitrogen and oxygen atoms in total. The maximum atomic E-state index is 6.16. The third kappa shape index (κ3) is 12.1. The lowest BCUT2D eigenvalue weighted by molar-refractivity contribution is 0.669. The largest absolute Gasteiger partial charge is 0.456 e. The molecule has 0 radical (unpaired) electrons. The van der Waals surface area contributed by atoms with Crippen molar-refractivity contribution in [2.24, 2.45) is 0 Å². The fourth-order valence-corrected chi connectivity index (χ4v) is 21.1. The Morgan fingerprint density at radius 2 is 0.437 bits per heavy atom. The highest BCUT2D eigenvalue weighted by atomic mass is 32.1. The Labute approximate surface area is 730 Å². The molecule has 0 aliphatic heterocycles. The topological polar surface area (TPSA) is 29.5 Å². The van der Waals surface area contributed by atoms with Crippen molar-refractivity contribution in [2.75, 3.05) is 9.80 Å². The predicted octanol–water partition coefficient (Wildman–Crippen LogP) is 34.4. The van der Waals surface area contributed by atoms with E-state index < -0.39 is 0 Å². The summed E-state index contributed by atoms with van der Waals surface area (Å²) in [5.74, 6) is 0. The van der Waals surface area contributed by atoms with Crippen LogP contribution >= 0.6 is 11.3 Å². The summed E-state index contributed by atoms with van der Waals surface area (Å²) in [4.78, 5) is 4.79. The Hall–Kier alpha value is -16.4. The fourth-order valence-electron chi connectivity index (χ4n) is 20.0. The summed E-state index contributed by atoms with van der Waals surface area (Å²) in [5, 5.41) is 25.1. The number of anilines is 6. The first-order valence-corrected chi connectivity index (χ1v) is 44.0. The van der Waals surface area contributed by atoms with Crippen LogP contribution in [0.5, 0.6) is 0 Å². The zero-order chi connectivity index (χ0) is 82.9. The third-order valence-corrected chi connectivity index (χ3v) is 27.1. The second-order valence-corrected chi connectivity index (χ2v) is 34.0. The van der Waals surface area contributed by atoms with E-state index in [4.69, 9.17) is 4.42 Å². The standard InChI is InChI=1S/C60H38N2O.C60H38N2S/c1-2-12-43(13-3-1)62-57-20-10-8-18-52(57)55-36-41(26-34-58(55)62)39-22-28-44(29-23-39)61(46-32-33-51-49-16-5-4-14-47(49)48-15-6-7-17-50(48)54(51)38-46)45-30-24-40(25-31-45)42-27-35-60-56(37-42)53-19-9-11-21-59(53)63-60;1-2-12-43(13-3-1)62-57-20-10-8-18-52(57)56-36-41(27-35-58(56)62)39-22-28-44(29-23-39)61(46-32-34-51-49-16-5-4-14-47(49)48-15-6-7-17-50(48)55(51)38-46)45-30-24-40(25-31-45)42-26-33-54-53-19-9-11-21-59(53)63-60(54)37-42/h2*1-38H. The van der Waals surface area contributed by atoms with Gasteiger partial charge in [0.2, 0.25) is 0 Å². The van der Waals surface area contributed by atoms with Crippen LogP contribution in [0.3, 0.4) is 0 Å². The van der Waals surface area contributed by atoms with Crippen LogP contribution < -0.4 is 9.80 Å². The lowest BCUT2D eigenvalue weighted by Gasteiger charge is -2.26. The highest BCUT2D eigenvalue weighted by Crippen LogP contribution is 2.48. The van der Waals surface area contributed by atoms with Crippen LogP contribution in [0.25, 0.3) is 206 Å². The van der Waals surface area contributed by atoms with E-state index in [-0.39, 0.29) is 0 Å². The van der Waals surface area contributed by atoms with Gasteiger partial charge in [0.15, 0.2) is 0 Å². The maximum absolute atomic E-state index is 6.16. The van der Waals surface area contributed by atoms with Gasteiger partial charge in [-0.2, -0.15) is 0 Å². The molecular formula is C120H76N4OS. The van der Waals surface area contributed by atoms with Crippen LogP contribution in [0.4, 0.5) is 34.1 Å². The molecule has 0 N–H and O–H groups in total. The summed E-state index contributed by atoms with van der Waals surface area (Å²) in [6, 6.07) is 168. The van der Waals surface area contributed by atoms with Gasteiger partial charge in [-0.1, -0.05) is 297 Å². The molecule has 0 aliphatic rings. The number of hydrogen-bond acceptors (Lipinski definition) is 4. The molecular weight excluding hydrogens is 1550 g/mol. The van der Waals surface area contributed by atoms with Gasteiger partial charge in [-0.3, -0.25) is 0 Å². The molecule has 0 fully saturated rings. The van der Waals surface area contributed by atoms with Gasteiger partial charge in [0.05, 0.1) is 22.1 Å². The van der Waals surface area contributed by atoms with E-state index in [1.165, 1.54) is 167 Å². The van der Waals surface area contributed by atoms with Crippen molar-refractivity contribution in [2.45, 2.75) is 0 Å². The SMILES string of the molecule is c1ccc(-n2c3ccccc3c3cc(-c4ccc(N(c5ccc(-c6ccc7c(c6)sc6ccccc67)cc5)c5ccc6c7ccccc7c7ccccc7c6c5)cc4)ccc32)cc1.c1ccc(-n2c3ccccc3c3cc(-c4ccc(N(c5ccc(-c6ccc7oc8ccccc8c7c6)cc5)c5ccc6c7ccccc7c7ccccc7c6c5)cc4)ccc32)cc1. The first-order chi connectivity index (χ1) is 62.5. The Morgan fingerprint density at radius 1 is 0.159 bits per heavy atom. The number of thiophene rings is 1. The second kappa shape index (κ2) is 29.8. The smallest absolute Gasteiger partial charge is 0.135 e. The number of nitrogens with zero attached hydrogens (tertiary/aromatic N) is 4. The van der Waals surface area contributed by atoms with Crippen molar-refractivity contribution in [1.82, 2.24) is 9.13 Å². The van der Waals surface area contributed by atoms with Crippen LogP contribution in [0, 0.1) is 0 Å². The zero-order valence-corrected chi connectivity index (χ0v) is 69.3. The number of aromatic nitrogens is 2. The van der Waals surface area contributed by atoms with Gasteiger partial charge in [0.1, 0.15) is 11.2 Å². The predicted molar refractivity (Wildman–Crippen MR) is 538 cm³/mol. The molecule has 0 spiro atoms. The van der Waals surface area contributed by atoms with E-state index in [2.05, 4.69) is 468 Å². The molecule has 4 heterocycles. The Bertz CT molecular complexity index is 8750. The van der Waals surface area contributed by atoms with E-state index in [1.807, 2.05) is 23.5 Å². The summed E-state index contributed by atoms with van der Waals surface area (Å²) >= 11 is 1.87. The molecule has 0 saturated carbocycles. The normalized spacial score (nSPS) is 11.8. The van der Waals surface area contributed by atoms with Gasteiger partial charge < -0.3 is 23.4 Å². The first kappa shape index (κ1) is 72.4. The fraction of sp³-hybridized carbons (Fsp3) is 0. The van der Waals surface area contributed by atoms with Crippen molar-refractivity contribution in [3.63, 3.8) is 0 Å². The molecule has 6 heteroatoms. The maximum Gasteiger partial charge on any atom is 0.135 e. The first-order valence-electron chi connectivity index (χ1n) is 43.2.